The molecule has 1 N–H and O–H groups in total. The van der Waals surface area contributed by atoms with Crippen LogP contribution in [0.3, 0.4) is 0 Å². The molecule has 2 heterocycles. The van der Waals surface area contributed by atoms with E-state index < -0.39 is 15.3 Å². The number of hydrogen-bond acceptors (Lipinski definition) is 4. The Morgan fingerprint density at radius 2 is 1.88 bits per heavy atom. The first-order valence-electron chi connectivity index (χ1n) is 8.17. The lowest BCUT2D eigenvalue weighted by Crippen LogP contribution is -2.42. The predicted molar refractivity (Wildman–Crippen MR) is 94.2 cm³/mol. The van der Waals surface area contributed by atoms with Crippen molar-refractivity contribution in [1.29, 1.82) is 0 Å². The summed E-state index contributed by atoms with van der Waals surface area (Å²) >= 11 is 0. The summed E-state index contributed by atoms with van der Waals surface area (Å²) in [5.41, 5.74) is 2.56. The summed E-state index contributed by atoms with van der Waals surface area (Å²) in [5, 5.41) is -0.485. The molecule has 0 radical (unpaired) electrons. The minimum absolute atomic E-state index is 0.0382. The fourth-order valence-corrected chi connectivity index (χ4v) is 3.72. The van der Waals surface area contributed by atoms with Gasteiger partial charge in [-0.15, -0.1) is 0 Å². The van der Waals surface area contributed by atoms with E-state index in [0.29, 0.717) is 18.9 Å². The number of benzene rings is 1. The highest BCUT2D eigenvalue weighted by Crippen LogP contribution is 2.28. The van der Waals surface area contributed by atoms with Crippen LogP contribution in [0.2, 0.25) is 0 Å². The van der Waals surface area contributed by atoms with Gasteiger partial charge < -0.3 is 4.74 Å². The van der Waals surface area contributed by atoms with Gasteiger partial charge in [-0.25, -0.2) is 17.5 Å². The van der Waals surface area contributed by atoms with E-state index >= 15 is 0 Å². The van der Waals surface area contributed by atoms with Crippen LogP contribution < -0.4 is 4.72 Å². The van der Waals surface area contributed by atoms with Gasteiger partial charge in [0.25, 0.3) is 0 Å². The fraction of sp³-hybridized carbons (Fsp3) is 0.389. The molecule has 1 aliphatic rings. The predicted octanol–water partition coefficient (Wildman–Crippen LogP) is 2.70. The van der Waals surface area contributed by atoms with Gasteiger partial charge in [-0.1, -0.05) is 24.3 Å². The second-order valence-electron chi connectivity index (χ2n) is 6.45. The Kier molecular flexibility index (Phi) is 5.17. The first kappa shape index (κ1) is 18.0. The summed E-state index contributed by atoms with van der Waals surface area (Å²) < 4.78 is 45.5. The summed E-state index contributed by atoms with van der Waals surface area (Å²) in [6, 6.07) is 10.4. The van der Waals surface area contributed by atoms with Gasteiger partial charge >= 0.3 is 0 Å². The van der Waals surface area contributed by atoms with Crippen LogP contribution in [0.1, 0.15) is 25.3 Å². The van der Waals surface area contributed by atoms with Crippen LogP contribution in [0, 0.1) is 5.82 Å². The third-order valence-corrected chi connectivity index (χ3v) is 6.25. The van der Waals surface area contributed by atoms with Crippen molar-refractivity contribution in [3.63, 3.8) is 0 Å². The van der Waals surface area contributed by atoms with Gasteiger partial charge in [0, 0.05) is 11.5 Å². The molecule has 1 saturated heterocycles. The lowest BCUT2D eigenvalue weighted by molar-refractivity contribution is 0.189. The minimum atomic E-state index is -3.35. The molecule has 3 rings (SSSR count). The Labute approximate surface area is 147 Å². The summed E-state index contributed by atoms with van der Waals surface area (Å²) in [4.78, 5) is 4.07. The Hall–Kier alpha value is -1.83. The second-order valence-corrected chi connectivity index (χ2v) is 8.71. The molecule has 25 heavy (non-hydrogen) atoms. The van der Waals surface area contributed by atoms with E-state index in [1.807, 2.05) is 24.3 Å². The van der Waals surface area contributed by atoms with Crippen molar-refractivity contribution in [2.75, 3.05) is 13.2 Å². The van der Waals surface area contributed by atoms with Crippen LogP contribution in [0.5, 0.6) is 0 Å². The maximum Gasteiger partial charge on any atom is 0.214 e. The highest BCUT2D eigenvalue weighted by molar-refractivity contribution is 7.90. The van der Waals surface area contributed by atoms with E-state index in [1.165, 1.54) is 12.3 Å². The average Bonchev–Trinajstić information content (AvgIpc) is 3.03. The number of nitrogens with zero attached hydrogens (tertiary/aromatic N) is 1. The van der Waals surface area contributed by atoms with Gasteiger partial charge in [0.2, 0.25) is 10.0 Å². The van der Waals surface area contributed by atoms with E-state index in [-0.39, 0.29) is 17.8 Å². The van der Waals surface area contributed by atoms with E-state index in [1.54, 1.807) is 19.9 Å². The molecule has 0 saturated carbocycles. The van der Waals surface area contributed by atoms with Gasteiger partial charge in [0.05, 0.1) is 36.4 Å². The number of nitrogens with one attached hydrogen (secondary N) is 1. The van der Waals surface area contributed by atoms with E-state index in [2.05, 4.69) is 9.71 Å². The minimum Gasteiger partial charge on any atom is -0.379 e. The van der Waals surface area contributed by atoms with Crippen LogP contribution in [-0.4, -0.2) is 37.9 Å². The summed E-state index contributed by atoms with van der Waals surface area (Å²) in [5.74, 6) is -0.410. The van der Waals surface area contributed by atoms with Crippen molar-refractivity contribution >= 4 is 10.0 Å². The molecule has 0 aliphatic carbocycles. The number of pyridine rings is 1. The number of aromatic nitrogens is 1. The highest BCUT2D eigenvalue weighted by Gasteiger charge is 2.33. The molecule has 2 atom stereocenters. The van der Waals surface area contributed by atoms with Crippen molar-refractivity contribution in [3.05, 3.63) is 54.0 Å². The number of hydrogen-bond donors (Lipinski definition) is 1. The first-order chi connectivity index (χ1) is 11.9. The summed E-state index contributed by atoms with van der Waals surface area (Å²) in [6.07, 6.45) is 1.19. The van der Waals surface area contributed by atoms with Crippen molar-refractivity contribution in [2.45, 2.75) is 31.1 Å². The van der Waals surface area contributed by atoms with Crippen LogP contribution in [0.25, 0.3) is 11.3 Å². The van der Waals surface area contributed by atoms with Crippen molar-refractivity contribution in [3.8, 4) is 11.3 Å². The number of sulfonamides is 1. The normalized spacial score (nSPS) is 21.0. The molecule has 2 unspecified atom stereocenters. The molecule has 7 heteroatoms. The Morgan fingerprint density at radius 1 is 1.16 bits per heavy atom. The zero-order valence-electron chi connectivity index (χ0n) is 14.1. The van der Waals surface area contributed by atoms with E-state index in [0.717, 1.165) is 11.1 Å². The van der Waals surface area contributed by atoms with Gasteiger partial charge in [-0.3, -0.25) is 4.98 Å². The topological polar surface area (TPSA) is 68.3 Å². The van der Waals surface area contributed by atoms with Crippen LogP contribution in [0.15, 0.2) is 42.6 Å². The van der Waals surface area contributed by atoms with Gasteiger partial charge in [0.1, 0.15) is 5.82 Å². The molecule has 2 aromatic rings. The third kappa shape index (κ3) is 4.05. The summed E-state index contributed by atoms with van der Waals surface area (Å²) in [7, 11) is -3.35. The first-order valence-corrected chi connectivity index (χ1v) is 9.72. The maximum absolute atomic E-state index is 13.0. The zero-order valence-corrected chi connectivity index (χ0v) is 15.0. The number of halogens is 1. The van der Waals surface area contributed by atoms with Crippen LogP contribution >= 0.6 is 0 Å². The number of ether oxygens (including phenoxy) is 1. The molecule has 1 aliphatic heterocycles. The van der Waals surface area contributed by atoms with Gasteiger partial charge in [0.15, 0.2) is 0 Å². The van der Waals surface area contributed by atoms with Crippen LogP contribution in [0.4, 0.5) is 4.39 Å². The smallest absolute Gasteiger partial charge is 0.214 e. The fourth-order valence-electron chi connectivity index (χ4n) is 2.79. The molecule has 1 aromatic heterocycles. The average molecular weight is 364 g/mol. The lowest BCUT2D eigenvalue weighted by atomic mass is 9.94. The number of rotatable bonds is 5. The Bertz CT molecular complexity index is 820. The Morgan fingerprint density at radius 3 is 2.48 bits per heavy atom. The molecular formula is C18H21FN2O3S. The third-order valence-electron chi connectivity index (χ3n) is 4.38. The molecule has 0 spiro atoms. The molecule has 1 aromatic carbocycles. The zero-order chi connectivity index (χ0) is 18.0. The molecular weight excluding hydrogens is 343 g/mol. The van der Waals surface area contributed by atoms with Gasteiger partial charge in [-0.2, -0.15) is 0 Å². The second kappa shape index (κ2) is 7.19. The highest BCUT2D eigenvalue weighted by atomic mass is 32.2. The molecule has 0 amide bonds. The van der Waals surface area contributed by atoms with Crippen molar-refractivity contribution < 1.29 is 17.5 Å². The SMILES string of the molecule is CC(C)S(=O)(=O)NC1COCC1c1ccc(-c2ccc(F)cn2)cc1. The van der Waals surface area contributed by atoms with E-state index in [9.17, 15) is 12.8 Å². The van der Waals surface area contributed by atoms with Crippen molar-refractivity contribution in [1.82, 2.24) is 9.71 Å². The van der Waals surface area contributed by atoms with E-state index in [4.69, 9.17) is 4.74 Å². The molecule has 5 nitrogen and oxygen atoms in total. The Balaban J connectivity index is 1.78. The lowest BCUT2D eigenvalue weighted by Gasteiger charge is -2.21. The molecule has 0 bridgehead atoms. The van der Waals surface area contributed by atoms with Crippen LogP contribution in [-0.2, 0) is 14.8 Å². The largest absolute Gasteiger partial charge is 0.379 e. The standard InChI is InChI=1S/C18H21FN2O3S/c1-12(2)25(22,23)21-18-11-24-10-16(18)13-3-5-14(6-4-13)17-8-7-15(19)9-20-17/h3-9,12,16,18,21H,10-11H2,1-2H3. The quantitative estimate of drug-likeness (QED) is 0.886. The maximum atomic E-state index is 13.0. The summed E-state index contributed by atoms with van der Waals surface area (Å²) in [6.45, 7) is 4.13. The van der Waals surface area contributed by atoms with Gasteiger partial charge in [-0.05, 0) is 31.5 Å². The molecule has 134 valence electrons. The van der Waals surface area contributed by atoms with Crippen molar-refractivity contribution in [2.24, 2.45) is 0 Å². The molecule has 1 fully saturated rings. The monoisotopic (exact) mass is 364 g/mol.